The summed E-state index contributed by atoms with van der Waals surface area (Å²) < 4.78 is 26.9. The molecule has 0 spiro atoms. The average Bonchev–Trinajstić information content (AvgIpc) is 3.33. The third-order valence-electron chi connectivity index (χ3n) is 6.09. The first-order valence-electron chi connectivity index (χ1n) is 11.8. The molecule has 5 rings (SSSR count). The zero-order valence-corrected chi connectivity index (χ0v) is 20.5. The fourth-order valence-corrected chi connectivity index (χ4v) is 3.94. The minimum absolute atomic E-state index is 0.0422. The zero-order valence-electron chi connectivity index (χ0n) is 20.5. The SMILES string of the molecule is CC(NC(=O)c1nc(C#N)cnc1NCc1ccc(-c2cnc3[nH]nc(N)c3c2)cc1)c1ccc(F)c(F)c1. The Kier molecular flexibility index (Phi) is 6.79. The second-order valence-electron chi connectivity index (χ2n) is 8.71. The van der Waals surface area contributed by atoms with Crippen LogP contribution in [0.2, 0.25) is 0 Å². The quantitative estimate of drug-likeness (QED) is 0.245. The monoisotopic (exact) mass is 525 g/mol. The lowest BCUT2D eigenvalue weighted by atomic mass is 10.0. The van der Waals surface area contributed by atoms with Crippen molar-refractivity contribution in [2.24, 2.45) is 0 Å². The van der Waals surface area contributed by atoms with Gasteiger partial charge in [-0.05, 0) is 41.8 Å². The van der Waals surface area contributed by atoms with Crippen LogP contribution in [0.4, 0.5) is 20.4 Å². The van der Waals surface area contributed by atoms with Gasteiger partial charge in [-0.1, -0.05) is 30.3 Å². The number of carbonyl (C=O) groups is 1. The van der Waals surface area contributed by atoms with Crippen molar-refractivity contribution in [2.45, 2.75) is 19.5 Å². The molecule has 0 bridgehead atoms. The Morgan fingerprint density at radius 1 is 1.08 bits per heavy atom. The number of nitrogens with zero attached hydrogens (tertiary/aromatic N) is 5. The topological polar surface area (TPSA) is 158 Å². The highest BCUT2D eigenvalue weighted by molar-refractivity contribution is 5.97. The van der Waals surface area contributed by atoms with Gasteiger partial charge in [-0.25, -0.2) is 23.7 Å². The van der Waals surface area contributed by atoms with Crippen molar-refractivity contribution in [1.82, 2.24) is 30.5 Å². The molecule has 1 amide bonds. The van der Waals surface area contributed by atoms with E-state index in [-0.39, 0.29) is 17.2 Å². The summed E-state index contributed by atoms with van der Waals surface area (Å²) in [6.45, 7) is 1.93. The highest BCUT2D eigenvalue weighted by Gasteiger charge is 2.19. The summed E-state index contributed by atoms with van der Waals surface area (Å²) in [4.78, 5) is 25.7. The van der Waals surface area contributed by atoms with Gasteiger partial charge in [0.15, 0.2) is 40.3 Å². The fourth-order valence-electron chi connectivity index (χ4n) is 3.94. The van der Waals surface area contributed by atoms with Crippen LogP contribution in [0.25, 0.3) is 22.2 Å². The molecule has 0 radical (unpaired) electrons. The molecule has 0 aliphatic rings. The summed E-state index contributed by atoms with van der Waals surface area (Å²) >= 11 is 0. The molecule has 1 atom stereocenters. The number of benzene rings is 2. The van der Waals surface area contributed by atoms with Crippen LogP contribution in [-0.2, 0) is 6.54 Å². The average molecular weight is 526 g/mol. The Balaban J connectivity index is 1.31. The molecular formula is C27H21F2N9O. The maximum atomic E-state index is 13.6. The number of halogens is 2. The molecule has 194 valence electrons. The number of pyridine rings is 1. The lowest BCUT2D eigenvalue weighted by Gasteiger charge is -2.16. The van der Waals surface area contributed by atoms with E-state index in [9.17, 15) is 18.8 Å². The molecule has 5 aromatic rings. The molecule has 2 aromatic carbocycles. The van der Waals surface area contributed by atoms with Gasteiger partial charge in [0.25, 0.3) is 5.91 Å². The van der Waals surface area contributed by atoms with E-state index in [0.717, 1.165) is 34.2 Å². The number of aromatic amines is 1. The second kappa shape index (κ2) is 10.5. The first-order chi connectivity index (χ1) is 18.8. The zero-order chi connectivity index (χ0) is 27.5. The molecule has 1 unspecified atom stereocenters. The first-order valence-corrected chi connectivity index (χ1v) is 11.8. The third kappa shape index (κ3) is 5.33. The van der Waals surface area contributed by atoms with Crippen LogP contribution in [0.5, 0.6) is 0 Å². The Morgan fingerprint density at radius 2 is 1.87 bits per heavy atom. The predicted molar refractivity (Wildman–Crippen MR) is 140 cm³/mol. The second-order valence-corrected chi connectivity index (χ2v) is 8.71. The van der Waals surface area contributed by atoms with Gasteiger partial charge in [0.05, 0.1) is 17.6 Å². The number of hydrogen-bond acceptors (Lipinski definition) is 8. The summed E-state index contributed by atoms with van der Waals surface area (Å²) in [6.07, 6.45) is 2.98. The number of carbonyl (C=O) groups excluding carboxylic acids is 1. The normalized spacial score (nSPS) is 11.6. The molecule has 0 fully saturated rings. The van der Waals surface area contributed by atoms with E-state index < -0.39 is 23.6 Å². The van der Waals surface area contributed by atoms with Gasteiger partial charge in [0.2, 0.25) is 0 Å². The molecule has 0 saturated heterocycles. The standard InChI is InChI=1S/C27H21F2N9O/c1-14(17-6-7-21(28)22(29)9-17)35-27(39)23-26(34-13-19(10-30)36-23)32-11-15-2-4-16(5-3-15)18-8-20-24(31)37-38-25(20)33-12-18/h2-9,12-14H,11H2,1H3,(H,32,34)(H,35,39)(H3,31,33,37,38). The highest BCUT2D eigenvalue weighted by Crippen LogP contribution is 2.25. The van der Waals surface area contributed by atoms with Crippen LogP contribution in [0.1, 0.15) is 40.3 Å². The number of amides is 1. The van der Waals surface area contributed by atoms with E-state index in [1.165, 1.54) is 12.3 Å². The third-order valence-corrected chi connectivity index (χ3v) is 6.09. The maximum absolute atomic E-state index is 13.6. The molecule has 12 heteroatoms. The summed E-state index contributed by atoms with van der Waals surface area (Å²) in [5, 5.41) is 22.5. The van der Waals surface area contributed by atoms with Crippen LogP contribution in [0.15, 0.2) is 60.9 Å². The predicted octanol–water partition coefficient (Wildman–Crippen LogP) is 4.25. The number of aromatic nitrogens is 5. The van der Waals surface area contributed by atoms with Crippen molar-refractivity contribution >= 4 is 28.6 Å². The van der Waals surface area contributed by atoms with E-state index in [1.807, 2.05) is 36.4 Å². The largest absolute Gasteiger partial charge is 0.382 e. The fraction of sp³-hybridized carbons (Fsp3) is 0.111. The van der Waals surface area contributed by atoms with Gasteiger partial charge in [0.1, 0.15) is 6.07 Å². The molecule has 3 aromatic heterocycles. The van der Waals surface area contributed by atoms with Gasteiger partial charge < -0.3 is 16.4 Å². The van der Waals surface area contributed by atoms with Gasteiger partial charge >= 0.3 is 0 Å². The van der Waals surface area contributed by atoms with Crippen molar-refractivity contribution in [1.29, 1.82) is 5.26 Å². The number of nitrogens with one attached hydrogen (secondary N) is 3. The number of nitriles is 1. The molecule has 3 heterocycles. The molecule has 0 aliphatic carbocycles. The van der Waals surface area contributed by atoms with Crippen LogP contribution in [0.3, 0.4) is 0 Å². The van der Waals surface area contributed by atoms with Crippen molar-refractivity contribution in [3.63, 3.8) is 0 Å². The van der Waals surface area contributed by atoms with Crippen LogP contribution < -0.4 is 16.4 Å². The molecule has 39 heavy (non-hydrogen) atoms. The van der Waals surface area contributed by atoms with Crippen molar-refractivity contribution in [3.8, 4) is 17.2 Å². The summed E-state index contributed by atoms with van der Waals surface area (Å²) in [5.41, 5.74) is 9.42. The summed E-state index contributed by atoms with van der Waals surface area (Å²) in [7, 11) is 0. The summed E-state index contributed by atoms with van der Waals surface area (Å²) in [6, 6.07) is 14.2. The Labute approximate surface area is 220 Å². The lowest BCUT2D eigenvalue weighted by Crippen LogP contribution is -2.29. The van der Waals surface area contributed by atoms with E-state index in [0.29, 0.717) is 23.6 Å². The molecule has 0 saturated carbocycles. The van der Waals surface area contributed by atoms with Crippen molar-refractivity contribution in [3.05, 3.63) is 95.1 Å². The number of H-pyrrole nitrogens is 1. The number of hydrogen-bond donors (Lipinski definition) is 4. The van der Waals surface area contributed by atoms with E-state index in [1.54, 1.807) is 13.1 Å². The van der Waals surface area contributed by atoms with E-state index in [4.69, 9.17) is 5.73 Å². The molecule has 5 N–H and O–H groups in total. The minimum Gasteiger partial charge on any atom is -0.382 e. The number of nitrogens with two attached hydrogens (primary N) is 1. The van der Waals surface area contributed by atoms with Gasteiger partial charge in [-0.3, -0.25) is 9.89 Å². The van der Waals surface area contributed by atoms with E-state index >= 15 is 0 Å². The van der Waals surface area contributed by atoms with Gasteiger partial charge in [-0.2, -0.15) is 10.4 Å². The Hall–Kier alpha value is -5.44. The van der Waals surface area contributed by atoms with Crippen LogP contribution >= 0.6 is 0 Å². The smallest absolute Gasteiger partial charge is 0.274 e. The first kappa shape index (κ1) is 25.2. The van der Waals surface area contributed by atoms with Gasteiger partial charge in [-0.15, -0.1) is 0 Å². The van der Waals surface area contributed by atoms with Crippen molar-refractivity contribution < 1.29 is 13.6 Å². The number of rotatable bonds is 7. The van der Waals surface area contributed by atoms with Crippen LogP contribution in [-0.4, -0.2) is 31.1 Å². The maximum Gasteiger partial charge on any atom is 0.274 e. The van der Waals surface area contributed by atoms with Gasteiger partial charge in [0, 0.05) is 18.3 Å². The number of anilines is 2. The number of nitrogen functional groups attached to an aromatic ring is 1. The summed E-state index contributed by atoms with van der Waals surface area (Å²) in [5.74, 6) is -2.09. The van der Waals surface area contributed by atoms with E-state index in [2.05, 4.69) is 35.8 Å². The molecular weight excluding hydrogens is 504 g/mol. The molecule has 10 nitrogen and oxygen atoms in total. The lowest BCUT2D eigenvalue weighted by molar-refractivity contribution is 0.0935. The van der Waals surface area contributed by atoms with Crippen molar-refractivity contribution in [2.75, 3.05) is 11.1 Å². The Morgan fingerprint density at radius 3 is 2.62 bits per heavy atom. The van der Waals surface area contributed by atoms with Crippen LogP contribution in [0, 0.1) is 23.0 Å². The minimum atomic E-state index is -1.02. The number of fused-ring (bicyclic) bond motifs is 1. The Bertz CT molecular complexity index is 1730. The molecule has 0 aliphatic heterocycles. The highest BCUT2D eigenvalue weighted by atomic mass is 19.2.